The first-order chi connectivity index (χ1) is 13.5. The van der Waals surface area contributed by atoms with E-state index in [0.717, 1.165) is 21.1 Å². The fraction of sp³-hybridized carbons (Fsp3) is 0.227. The van der Waals surface area contributed by atoms with Crippen molar-refractivity contribution in [3.63, 3.8) is 0 Å². The molecule has 0 saturated carbocycles. The Bertz CT molecular complexity index is 1060. The molecule has 0 radical (unpaired) electrons. The van der Waals surface area contributed by atoms with Crippen LogP contribution in [-0.2, 0) is 4.79 Å². The normalized spacial score (nSPS) is 14.4. The number of carbonyl (C=O) groups excluding carboxylic acids is 2. The van der Waals surface area contributed by atoms with Crippen molar-refractivity contribution in [2.45, 2.75) is 26.8 Å². The summed E-state index contributed by atoms with van der Waals surface area (Å²) in [5.41, 5.74) is 2.99. The van der Waals surface area contributed by atoms with E-state index in [4.69, 9.17) is 4.74 Å². The average Bonchev–Trinajstić information content (AvgIpc) is 3.05. The predicted octanol–water partition coefficient (Wildman–Crippen LogP) is 4.42. The van der Waals surface area contributed by atoms with E-state index >= 15 is 0 Å². The minimum Gasteiger partial charge on any atom is -0.482 e. The molecule has 1 aromatic heterocycles. The molecule has 1 unspecified atom stereocenters. The molecule has 28 heavy (non-hydrogen) atoms. The first-order valence-electron chi connectivity index (χ1n) is 9.08. The molecule has 0 spiro atoms. The van der Waals surface area contributed by atoms with Crippen LogP contribution in [0, 0.1) is 13.8 Å². The van der Waals surface area contributed by atoms with Gasteiger partial charge < -0.3 is 4.74 Å². The van der Waals surface area contributed by atoms with Crippen molar-refractivity contribution in [2.24, 2.45) is 0 Å². The van der Waals surface area contributed by atoms with E-state index in [9.17, 15) is 9.59 Å². The molecule has 0 saturated heterocycles. The van der Waals surface area contributed by atoms with Gasteiger partial charge in [0.25, 0.3) is 5.91 Å². The van der Waals surface area contributed by atoms with Crippen molar-refractivity contribution in [1.29, 1.82) is 0 Å². The summed E-state index contributed by atoms with van der Waals surface area (Å²) in [4.78, 5) is 32.9. The lowest BCUT2D eigenvalue weighted by atomic mass is 10.0. The fourth-order valence-electron chi connectivity index (χ4n) is 3.50. The summed E-state index contributed by atoms with van der Waals surface area (Å²) >= 11 is 1.63. The molecule has 1 aliphatic heterocycles. The molecular formula is C22H20N2O3S. The standard InChI is InChI=1S/C22H20N2O3S/c1-13(22(26)16-7-5-4-6-8-16)24-18-11-17(21-14(2)28-15(3)23-21)9-10-19(18)27-12-20(24)25/h4-11,13H,12H2,1-3H3. The van der Waals surface area contributed by atoms with E-state index in [1.54, 1.807) is 35.3 Å². The Kier molecular flexibility index (Phi) is 4.73. The summed E-state index contributed by atoms with van der Waals surface area (Å²) in [5, 5.41) is 0.988. The fourth-order valence-corrected chi connectivity index (χ4v) is 4.34. The lowest BCUT2D eigenvalue weighted by molar-refractivity contribution is -0.121. The topological polar surface area (TPSA) is 59.5 Å². The highest BCUT2D eigenvalue weighted by Gasteiger charge is 2.33. The van der Waals surface area contributed by atoms with Crippen LogP contribution in [0.4, 0.5) is 5.69 Å². The maximum absolute atomic E-state index is 13.0. The second-order valence-electron chi connectivity index (χ2n) is 6.78. The van der Waals surface area contributed by atoms with Crippen LogP contribution >= 0.6 is 11.3 Å². The zero-order valence-electron chi connectivity index (χ0n) is 15.9. The van der Waals surface area contributed by atoms with Gasteiger partial charge in [-0.25, -0.2) is 4.98 Å². The molecule has 2 heterocycles. The number of Topliss-reactive ketones (excluding diaryl/α,β-unsaturated/α-hetero) is 1. The maximum Gasteiger partial charge on any atom is 0.265 e. The van der Waals surface area contributed by atoms with Crippen LogP contribution in [-0.4, -0.2) is 29.3 Å². The van der Waals surface area contributed by atoms with Gasteiger partial charge in [0.2, 0.25) is 0 Å². The highest BCUT2D eigenvalue weighted by molar-refractivity contribution is 7.11. The molecule has 4 rings (SSSR count). The van der Waals surface area contributed by atoms with Gasteiger partial charge in [-0.1, -0.05) is 30.3 Å². The number of rotatable bonds is 4. The van der Waals surface area contributed by atoms with Crippen LogP contribution in [0.2, 0.25) is 0 Å². The lowest BCUT2D eigenvalue weighted by Crippen LogP contribution is -2.48. The van der Waals surface area contributed by atoms with Crippen LogP contribution in [0.25, 0.3) is 11.3 Å². The molecule has 3 aromatic rings. The van der Waals surface area contributed by atoms with Crippen molar-refractivity contribution in [2.75, 3.05) is 11.5 Å². The average molecular weight is 392 g/mol. The Balaban J connectivity index is 1.76. The van der Waals surface area contributed by atoms with E-state index in [0.29, 0.717) is 17.0 Å². The number of hydrogen-bond acceptors (Lipinski definition) is 5. The summed E-state index contributed by atoms with van der Waals surface area (Å²) in [5.74, 6) is 0.265. The third-order valence-corrected chi connectivity index (χ3v) is 5.73. The van der Waals surface area contributed by atoms with E-state index in [2.05, 4.69) is 4.98 Å². The molecule has 1 amide bonds. The van der Waals surface area contributed by atoms with Crippen LogP contribution in [0.15, 0.2) is 48.5 Å². The first kappa shape index (κ1) is 18.4. The molecule has 6 heteroatoms. The number of benzene rings is 2. The Morgan fingerprint density at radius 3 is 2.61 bits per heavy atom. The maximum atomic E-state index is 13.0. The Morgan fingerprint density at radius 2 is 1.93 bits per heavy atom. The van der Waals surface area contributed by atoms with Crippen LogP contribution in [0.3, 0.4) is 0 Å². The highest BCUT2D eigenvalue weighted by Crippen LogP contribution is 2.38. The molecule has 0 aliphatic carbocycles. The summed E-state index contributed by atoms with van der Waals surface area (Å²) in [7, 11) is 0. The zero-order valence-corrected chi connectivity index (χ0v) is 16.7. The van der Waals surface area contributed by atoms with Crippen LogP contribution < -0.4 is 9.64 Å². The van der Waals surface area contributed by atoms with Gasteiger partial charge in [-0.3, -0.25) is 14.5 Å². The van der Waals surface area contributed by atoms with Crippen LogP contribution in [0.5, 0.6) is 5.75 Å². The molecule has 1 aliphatic rings. The predicted molar refractivity (Wildman–Crippen MR) is 110 cm³/mol. The van der Waals surface area contributed by atoms with Crippen molar-refractivity contribution < 1.29 is 14.3 Å². The highest BCUT2D eigenvalue weighted by atomic mass is 32.1. The van der Waals surface area contributed by atoms with Gasteiger partial charge in [0, 0.05) is 16.0 Å². The Labute approximate surface area is 167 Å². The Hall–Kier alpha value is -2.99. The van der Waals surface area contributed by atoms with Gasteiger partial charge in [-0.15, -0.1) is 11.3 Å². The number of nitrogens with zero attached hydrogens (tertiary/aromatic N) is 2. The second kappa shape index (κ2) is 7.20. The zero-order chi connectivity index (χ0) is 19.8. The number of fused-ring (bicyclic) bond motifs is 1. The number of aromatic nitrogens is 1. The summed E-state index contributed by atoms with van der Waals surface area (Å²) in [6.45, 7) is 5.68. The number of amides is 1. The quantitative estimate of drug-likeness (QED) is 0.617. The number of ether oxygens (including phenoxy) is 1. The smallest absolute Gasteiger partial charge is 0.265 e. The second-order valence-corrected chi connectivity index (χ2v) is 8.19. The molecular weight excluding hydrogens is 372 g/mol. The Morgan fingerprint density at radius 1 is 1.18 bits per heavy atom. The van der Waals surface area contributed by atoms with E-state index in [1.807, 2.05) is 50.2 Å². The number of hydrogen-bond donors (Lipinski definition) is 0. The van der Waals surface area contributed by atoms with Crippen LogP contribution in [0.1, 0.15) is 27.2 Å². The number of thiazole rings is 1. The van der Waals surface area contributed by atoms with E-state index in [-0.39, 0.29) is 18.3 Å². The summed E-state index contributed by atoms with van der Waals surface area (Å²) in [6, 6.07) is 14.1. The molecule has 1 atom stereocenters. The van der Waals surface area contributed by atoms with Crippen molar-refractivity contribution >= 4 is 28.7 Å². The van der Waals surface area contributed by atoms with Gasteiger partial charge in [0.15, 0.2) is 12.4 Å². The number of anilines is 1. The number of carbonyl (C=O) groups is 2. The largest absolute Gasteiger partial charge is 0.482 e. The molecule has 0 fully saturated rings. The van der Waals surface area contributed by atoms with Crippen molar-refractivity contribution in [3.8, 4) is 17.0 Å². The van der Waals surface area contributed by atoms with Crippen molar-refractivity contribution in [3.05, 3.63) is 64.0 Å². The first-order valence-corrected chi connectivity index (χ1v) is 9.90. The SMILES string of the molecule is Cc1nc(-c2ccc3c(c2)N(C(C)C(=O)c2ccccc2)C(=O)CO3)c(C)s1. The van der Waals surface area contributed by atoms with Gasteiger partial charge in [-0.2, -0.15) is 0 Å². The van der Waals surface area contributed by atoms with Crippen molar-refractivity contribution in [1.82, 2.24) is 4.98 Å². The molecule has 2 aromatic carbocycles. The molecule has 5 nitrogen and oxygen atoms in total. The minimum atomic E-state index is -0.633. The van der Waals surface area contributed by atoms with E-state index < -0.39 is 6.04 Å². The minimum absolute atomic E-state index is 0.0758. The molecule has 0 N–H and O–H groups in total. The third-order valence-electron chi connectivity index (χ3n) is 4.84. The number of aryl methyl sites for hydroxylation is 2. The van der Waals surface area contributed by atoms with Gasteiger partial charge >= 0.3 is 0 Å². The summed E-state index contributed by atoms with van der Waals surface area (Å²) in [6.07, 6.45) is 0. The lowest BCUT2D eigenvalue weighted by Gasteiger charge is -2.33. The van der Waals surface area contributed by atoms with E-state index in [1.165, 1.54) is 0 Å². The summed E-state index contributed by atoms with van der Waals surface area (Å²) < 4.78 is 5.61. The third kappa shape index (κ3) is 3.20. The number of ketones is 1. The van der Waals surface area contributed by atoms with Gasteiger partial charge in [0.05, 0.1) is 22.4 Å². The monoisotopic (exact) mass is 392 g/mol. The molecule has 142 valence electrons. The van der Waals surface area contributed by atoms with Gasteiger partial charge in [-0.05, 0) is 39.0 Å². The van der Waals surface area contributed by atoms with Gasteiger partial charge in [0.1, 0.15) is 5.75 Å². The molecule has 0 bridgehead atoms.